The van der Waals surface area contributed by atoms with E-state index in [1.165, 1.54) is 5.52 Å². The summed E-state index contributed by atoms with van der Waals surface area (Å²) in [5, 5.41) is 3.16. The van der Waals surface area contributed by atoms with Crippen molar-refractivity contribution >= 4 is 5.52 Å². The Kier molecular flexibility index (Phi) is 3.33. The summed E-state index contributed by atoms with van der Waals surface area (Å²) < 4.78 is 7.53. The number of furan rings is 1. The maximum Gasteiger partial charge on any atom is 0.114 e. The highest BCUT2D eigenvalue weighted by Crippen LogP contribution is 2.15. The third-order valence-corrected chi connectivity index (χ3v) is 3.22. The Labute approximate surface area is 112 Å². The SMILES string of the molecule is CNCc1nc(CCc2ccco2)n2ccccc12. The molecule has 0 aliphatic carbocycles. The fourth-order valence-corrected chi connectivity index (χ4v) is 2.33. The van der Waals surface area contributed by atoms with Crippen LogP contribution in [0.25, 0.3) is 5.52 Å². The summed E-state index contributed by atoms with van der Waals surface area (Å²) in [4.78, 5) is 4.74. The average Bonchev–Trinajstić information content (AvgIpc) is 3.06. The van der Waals surface area contributed by atoms with Crippen molar-refractivity contribution in [2.24, 2.45) is 0 Å². The molecule has 0 radical (unpaired) electrons. The summed E-state index contributed by atoms with van der Waals surface area (Å²) >= 11 is 0. The van der Waals surface area contributed by atoms with Crippen LogP contribution >= 0.6 is 0 Å². The van der Waals surface area contributed by atoms with Crippen LogP contribution in [0.15, 0.2) is 47.2 Å². The number of aromatic nitrogens is 2. The van der Waals surface area contributed by atoms with Crippen molar-refractivity contribution in [2.75, 3.05) is 7.05 Å². The highest BCUT2D eigenvalue weighted by molar-refractivity contribution is 5.53. The number of hydrogen-bond acceptors (Lipinski definition) is 3. The van der Waals surface area contributed by atoms with E-state index < -0.39 is 0 Å². The van der Waals surface area contributed by atoms with Gasteiger partial charge in [0.25, 0.3) is 0 Å². The van der Waals surface area contributed by atoms with E-state index in [-0.39, 0.29) is 0 Å². The predicted octanol–water partition coefficient (Wildman–Crippen LogP) is 2.43. The molecule has 0 aliphatic heterocycles. The van der Waals surface area contributed by atoms with Gasteiger partial charge in [0.2, 0.25) is 0 Å². The summed E-state index contributed by atoms with van der Waals surface area (Å²) in [7, 11) is 1.94. The Morgan fingerprint density at radius 3 is 2.95 bits per heavy atom. The van der Waals surface area contributed by atoms with Gasteiger partial charge in [-0.1, -0.05) is 6.07 Å². The van der Waals surface area contributed by atoms with Crippen LogP contribution in [-0.2, 0) is 19.4 Å². The number of imidazole rings is 1. The predicted molar refractivity (Wildman–Crippen MR) is 74.1 cm³/mol. The first kappa shape index (κ1) is 12.0. The molecule has 0 atom stereocenters. The molecule has 0 aromatic carbocycles. The van der Waals surface area contributed by atoms with Crippen LogP contribution in [0.2, 0.25) is 0 Å². The molecule has 0 unspecified atom stereocenters. The highest BCUT2D eigenvalue weighted by atomic mass is 16.3. The molecule has 19 heavy (non-hydrogen) atoms. The second kappa shape index (κ2) is 5.28. The van der Waals surface area contributed by atoms with E-state index in [1.807, 2.05) is 31.3 Å². The number of hydrogen-bond donors (Lipinski definition) is 1. The maximum atomic E-state index is 5.37. The number of nitrogens with one attached hydrogen (secondary N) is 1. The van der Waals surface area contributed by atoms with Gasteiger partial charge < -0.3 is 14.1 Å². The summed E-state index contributed by atoms with van der Waals surface area (Å²) in [5.41, 5.74) is 2.27. The van der Waals surface area contributed by atoms with Gasteiger partial charge in [-0.2, -0.15) is 0 Å². The zero-order chi connectivity index (χ0) is 13.1. The molecule has 0 amide bonds. The van der Waals surface area contributed by atoms with Crippen LogP contribution in [0.4, 0.5) is 0 Å². The fraction of sp³-hybridized carbons (Fsp3) is 0.267. The molecule has 3 aromatic heterocycles. The van der Waals surface area contributed by atoms with Crippen molar-refractivity contribution in [1.82, 2.24) is 14.7 Å². The topological polar surface area (TPSA) is 42.5 Å². The van der Waals surface area contributed by atoms with Gasteiger partial charge in [-0.15, -0.1) is 0 Å². The first-order valence-electron chi connectivity index (χ1n) is 6.50. The third-order valence-electron chi connectivity index (χ3n) is 3.22. The quantitative estimate of drug-likeness (QED) is 0.761. The summed E-state index contributed by atoms with van der Waals surface area (Å²) in [5.74, 6) is 2.08. The Morgan fingerprint density at radius 2 is 2.16 bits per heavy atom. The molecule has 0 aliphatic rings. The second-order valence-electron chi connectivity index (χ2n) is 4.54. The van der Waals surface area contributed by atoms with Crippen LogP contribution in [0.5, 0.6) is 0 Å². The number of pyridine rings is 1. The van der Waals surface area contributed by atoms with Crippen LogP contribution < -0.4 is 5.32 Å². The van der Waals surface area contributed by atoms with Gasteiger partial charge in [0.05, 0.1) is 17.5 Å². The Hall–Kier alpha value is -2.07. The molecule has 4 heteroatoms. The molecule has 3 aromatic rings. The molecule has 0 saturated carbocycles. The van der Waals surface area contributed by atoms with Gasteiger partial charge >= 0.3 is 0 Å². The van der Waals surface area contributed by atoms with Gasteiger partial charge in [0.1, 0.15) is 11.6 Å². The molecular formula is C15H17N3O. The zero-order valence-corrected chi connectivity index (χ0v) is 11.0. The van der Waals surface area contributed by atoms with Crippen molar-refractivity contribution in [3.8, 4) is 0 Å². The van der Waals surface area contributed by atoms with Crippen molar-refractivity contribution in [3.63, 3.8) is 0 Å². The summed E-state index contributed by atoms with van der Waals surface area (Å²) in [6, 6.07) is 10.1. The van der Waals surface area contributed by atoms with Gasteiger partial charge in [0, 0.05) is 25.6 Å². The van der Waals surface area contributed by atoms with Crippen molar-refractivity contribution in [2.45, 2.75) is 19.4 Å². The lowest BCUT2D eigenvalue weighted by Gasteiger charge is -1.99. The van der Waals surface area contributed by atoms with E-state index in [9.17, 15) is 0 Å². The van der Waals surface area contributed by atoms with E-state index in [1.54, 1.807) is 6.26 Å². The molecule has 3 rings (SSSR count). The first-order chi connectivity index (χ1) is 9.38. The van der Waals surface area contributed by atoms with E-state index in [0.29, 0.717) is 0 Å². The number of fused-ring (bicyclic) bond motifs is 1. The lowest BCUT2D eigenvalue weighted by molar-refractivity contribution is 0.506. The number of aryl methyl sites for hydroxylation is 2. The lowest BCUT2D eigenvalue weighted by Crippen LogP contribution is -2.05. The smallest absolute Gasteiger partial charge is 0.114 e. The van der Waals surface area contributed by atoms with E-state index in [0.717, 1.165) is 36.7 Å². The van der Waals surface area contributed by atoms with Gasteiger partial charge in [-0.3, -0.25) is 0 Å². The molecule has 1 N–H and O–H groups in total. The summed E-state index contributed by atoms with van der Waals surface area (Å²) in [6.45, 7) is 0.786. The fourth-order valence-electron chi connectivity index (χ4n) is 2.33. The van der Waals surface area contributed by atoms with Gasteiger partial charge in [-0.05, 0) is 31.3 Å². The molecule has 0 bridgehead atoms. The maximum absolute atomic E-state index is 5.37. The van der Waals surface area contributed by atoms with E-state index in [4.69, 9.17) is 9.40 Å². The average molecular weight is 255 g/mol. The van der Waals surface area contributed by atoms with Crippen LogP contribution in [0, 0.1) is 0 Å². The zero-order valence-electron chi connectivity index (χ0n) is 11.0. The second-order valence-corrected chi connectivity index (χ2v) is 4.54. The number of nitrogens with zero attached hydrogens (tertiary/aromatic N) is 2. The normalized spacial score (nSPS) is 11.2. The highest BCUT2D eigenvalue weighted by Gasteiger charge is 2.10. The van der Waals surface area contributed by atoms with Gasteiger partial charge in [0.15, 0.2) is 0 Å². The standard InChI is InChI=1S/C15H17N3O/c1-16-11-13-14-6-2-3-9-18(14)15(17-13)8-7-12-5-4-10-19-12/h2-6,9-10,16H,7-8,11H2,1H3. The first-order valence-corrected chi connectivity index (χ1v) is 6.50. The minimum atomic E-state index is 0.786. The molecule has 3 heterocycles. The van der Waals surface area contributed by atoms with Crippen molar-refractivity contribution < 1.29 is 4.42 Å². The molecule has 98 valence electrons. The largest absolute Gasteiger partial charge is 0.469 e. The van der Waals surface area contributed by atoms with Crippen LogP contribution in [0.1, 0.15) is 17.3 Å². The Balaban J connectivity index is 1.90. The van der Waals surface area contributed by atoms with E-state index in [2.05, 4.69) is 22.0 Å². The molecular weight excluding hydrogens is 238 g/mol. The Bertz CT molecular complexity index is 655. The van der Waals surface area contributed by atoms with Gasteiger partial charge in [-0.25, -0.2) is 4.98 Å². The minimum absolute atomic E-state index is 0.786. The van der Waals surface area contributed by atoms with Crippen LogP contribution in [0.3, 0.4) is 0 Å². The lowest BCUT2D eigenvalue weighted by atomic mass is 10.2. The molecule has 4 nitrogen and oxygen atoms in total. The van der Waals surface area contributed by atoms with Crippen molar-refractivity contribution in [1.29, 1.82) is 0 Å². The molecule has 0 spiro atoms. The minimum Gasteiger partial charge on any atom is -0.469 e. The molecule has 0 saturated heterocycles. The van der Waals surface area contributed by atoms with Crippen LogP contribution in [-0.4, -0.2) is 16.4 Å². The van der Waals surface area contributed by atoms with Crippen molar-refractivity contribution in [3.05, 3.63) is 60.1 Å². The summed E-state index contributed by atoms with van der Waals surface area (Å²) in [6.07, 6.45) is 5.53. The monoisotopic (exact) mass is 255 g/mol. The Morgan fingerprint density at radius 1 is 1.21 bits per heavy atom. The van der Waals surface area contributed by atoms with E-state index >= 15 is 0 Å². The molecule has 0 fully saturated rings. The third kappa shape index (κ3) is 2.39. The number of rotatable bonds is 5.